The van der Waals surface area contributed by atoms with Crippen LogP contribution in [0.5, 0.6) is 0 Å². The number of hydrogen-bond acceptors (Lipinski definition) is 4. The van der Waals surface area contributed by atoms with Crippen molar-refractivity contribution < 1.29 is 14.3 Å². The van der Waals surface area contributed by atoms with Crippen molar-refractivity contribution in [2.24, 2.45) is 5.92 Å². The van der Waals surface area contributed by atoms with Crippen LogP contribution < -0.4 is 5.32 Å². The lowest BCUT2D eigenvalue weighted by molar-refractivity contribution is -0.150. The molecule has 1 amide bonds. The molecule has 1 rings (SSSR count). The van der Waals surface area contributed by atoms with E-state index in [1.54, 1.807) is 0 Å². The molecule has 0 saturated carbocycles. The normalized spacial score (nSPS) is 20.8. The third-order valence-corrected chi connectivity index (χ3v) is 2.94. The number of esters is 1. The molecule has 0 spiro atoms. The lowest BCUT2D eigenvalue weighted by atomic mass is 9.98. The topological polar surface area (TPSA) is 58.6 Å². The highest BCUT2D eigenvalue weighted by Gasteiger charge is 2.27. The molecule has 0 bridgehead atoms. The number of carbonyl (C=O) groups is 2. The van der Waals surface area contributed by atoms with E-state index in [9.17, 15) is 9.59 Å². The average molecular weight is 256 g/mol. The number of hydrogen-bond donors (Lipinski definition) is 1. The first-order chi connectivity index (χ1) is 8.52. The zero-order valence-electron chi connectivity index (χ0n) is 11.6. The van der Waals surface area contributed by atoms with Gasteiger partial charge in [-0.3, -0.25) is 14.5 Å². The molecular weight excluding hydrogens is 232 g/mol. The third kappa shape index (κ3) is 5.04. The number of amides is 1. The number of likely N-dealkylation sites (tertiary alicyclic amines) is 1. The zero-order valence-corrected chi connectivity index (χ0v) is 11.6. The van der Waals surface area contributed by atoms with Gasteiger partial charge in [0.05, 0.1) is 19.1 Å². The number of nitrogens with one attached hydrogen (secondary N) is 1. The zero-order chi connectivity index (χ0) is 13.5. The maximum atomic E-state index is 11.7. The first-order valence-electron chi connectivity index (χ1n) is 6.71. The molecule has 1 N–H and O–H groups in total. The molecule has 5 nitrogen and oxygen atoms in total. The number of piperidine rings is 1. The Morgan fingerprint density at radius 1 is 1.44 bits per heavy atom. The van der Waals surface area contributed by atoms with Crippen molar-refractivity contribution in [3.05, 3.63) is 0 Å². The van der Waals surface area contributed by atoms with Gasteiger partial charge in [-0.1, -0.05) is 0 Å². The Kier molecular flexibility index (Phi) is 6.12. The molecule has 0 unspecified atom stereocenters. The van der Waals surface area contributed by atoms with Crippen molar-refractivity contribution in [1.29, 1.82) is 0 Å². The molecule has 104 valence electrons. The van der Waals surface area contributed by atoms with E-state index < -0.39 is 0 Å². The minimum Gasteiger partial charge on any atom is -0.466 e. The Morgan fingerprint density at radius 2 is 2.17 bits per heavy atom. The summed E-state index contributed by atoms with van der Waals surface area (Å²) in [4.78, 5) is 25.3. The second-order valence-electron chi connectivity index (χ2n) is 5.05. The molecule has 1 heterocycles. The Hall–Kier alpha value is -1.10. The molecular formula is C13H24N2O3. The smallest absolute Gasteiger partial charge is 0.310 e. The van der Waals surface area contributed by atoms with Gasteiger partial charge in [0.1, 0.15) is 0 Å². The van der Waals surface area contributed by atoms with Crippen LogP contribution in [0.25, 0.3) is 0 Å². The fourth-order valence-corrected chi connectivity index (χ4v) is 2.22. The monoisotopic (exact) mass is 256 g/mol. The molecule has 0 aromatic rings. The Morgan fingerprint density at radius 3 is 2.78 bits per heavy atom. The first kappa shape index (κ1) is 15.0. The van der Waals surface area contributed by atoms with Gasteiger partial charge >= 0.3 is 5.97 Å². The highest BCUT2D eigenvalue weighted by molar-refractivity contribution is 5.78. The van der Waals surface area contributed by atoms with Crippen molar-refractivity contribution in [1.82, 2.24) is 10.2 Å². The van der Waals surface area contributed by atoms with Crippen LogP contribution in [0.4, 0.5) is 0 Å². The van der Waals surface area contributed by atoms with Crippen LogP contribution in [0.1, 0.15) is 33.6 Å². The van der Waals surface area contributed by atoms with E-state index in [1.165, 1.54) is 0 Å². The van der Waals surface area contributed by atoms with Gasteiger partial charge in [0.25, 0.3) is 0 Å². The molecule has 1 saturated heterocycles. The van der Waals surface area contributed by atoms with Crippen molar-refractivity contribution in [2.45, 2.75) is 39.7 Å². The summed E-state index contributed by atoms with van der Waals surface area (Å²) in [5, 5.41) is 2.86. The number of ether oxygens (including phenoxy) is 1. The third-order valence-electron chi connectivity index (χ3n) is 2.94. The number of nitrogens with zero attached hydrogens (tertiary/aromatic N) is 1. The van der Waals surface area contributed by atoms with Crippen molar-refractivity contribution in [2.75, 3.05) is 26.2 Å². The van der Waals surface area contributed by atoms with Crippen LogP contribution >= 0.6 is 0 Å². The summed E-state index contributed by atoms with van der Waals surface area (Å²) in [5.41, 5.74) is 0. The molecule has 1 fully saturated rings. The van der Waals surface area contributed by atoms with E-state index in [1.807, 2.05) is 25.7 Å². The molecule has 5 heteroatoms. The maximum Gasteiger partial charge on any atom is 0.310 e. The lowest BCUT2D eigenvalue weighted by Gasteiger charge is -2.31. The molecule has 1 atom stereocenters. The standard InChI is InChI=1S/C13H24N2O3/c1-4-18-13(17)11-6-5-7-15(8-11)9-12(16)14-10(2)3/h10-11H,4-9H2,1-3H3,(H,14,16)/t11-/m0/s1. The van der Waals surface area contributed by atoms with Gasteiger partial charge in [-0.05, 0) is 40.2 Å². The van der Waals surface area contributed by atoms with Crippen LogP contribution in [0, 0.1) is 5.92 Å². The quantitative estimate of drug-likeness (QED) is 0.739. The van der Waals surface area contributed by atoms with Gasteiger partial charge in [0, 0.05) is 12.6 Å². The van der Waals surface area contributed by atoms with Crippen molar-refractivity contribution in [3.63, 3.8) is 0 Å². The Labute approximate surface area is 109 Å². The van der Waals surface area contributed by atoms with Crippen molar-refractivity contribution in [3.8, 4) is 0 Å². The molecule has 18 heavy (non-hydrogen) atoms. The summed E-state index contributed by atoms with van der Waals surface area (Å²) in [6.07, 6.45) is 1.81. The molecule has 0 aliphatic carbocycles. The van der Waals surface area contributed by atoms with E-state index in [0.29, 0.717) is 19.7 Å². The van der Waals surface area contributed by atoms with E-state index in [-0.39, 0.29) is 23.8 Å². The second-order valence-corrected chi connectivity index (χ2v) is 5.05. The van der Waals surface area contributed by atoms with E-state index in [0.717, 1.165) is 19.4 Å². The molecule has 1 aliphatic heterocycles. The van der Waals surface area contributed by atoms with Gasteiger partial charge in [0.15, 0.2) is 0 Å². The second kappa shape index (κ2) is 7.36. The molecule has 0 aromatic heterocycles. The highest BCUT2D eigenvalue weighted by Crippen LogP contribution is 2.17. The van der Waals surface area contributed by atoms with Crippen LogP contribution in [-0.2, 0) is 14.3 Å². The minimum absolute atomic E-state index is 0.0227. The van der Waals surface area contributed by atoms with Crippen LogP contribution in [-0.4, -0.2) is 49.1 Å². The molecule has 0 radical (unpaired) electrons. The Balaban J connectivity index is 2.39. The lowest BCUT2D eigenvalue weighted by Crippen LogP contribution is -2.45. The van der Waals surface area contributed by atoms with E-state index in [2.05, 4.69) is 5.32 Å². The summed E-state index contributed by atoms with van der Waals surface area (Å²) in [7, 11) is 0. The van der Waals surface area contributed by atoms with E-state index in [4.69, 9.17) is 4.74 Å². The Bertz CT molecular complexity index is 292. The van der Waals surface area contributed by atoms with Crippen LogP contribution in [0.3, 0.4) is 0 Å². The van der Waals surface area contributed by atoms with Gasteiger partial charge < -0.3 is 10.1 Å². The highest BCUT2D eigenvalue weighted by atomic mass is 16.5. The predicted molar refractivity (Wildman–Crippen MR) is 69.1 cm³/mol. The van der Waals surface area contributed by atoms with Gasteiger partial charge in [-0.15, -0.1) is 0 Å². The van der Waals surface area contributed by atoms with Crippen LogP contribution in [0.2, 0.25) is 0 Å². The fourth-order valence-electron chi connectivity index (χ4n) is 2.22. The minimum atomic E-state index is -0.133. The number of rotatable bonds is 5. The largest absolute Gasteiger partial charge is 0.466 e. The van der Waals surface area contributed by atoms with Crippen molar-refractivity contribution >= 4 is 11.9 Å². The first-order valence-corrected chi connectivity index (χ1v) is 6.71. The summed E-state index contributed by atoms with van der Waals surface area (Å²) in [6, 6.07) is 0.156. The summed E-state index contributed by atoms with van der Waals surface area (Å²) >= 11 is 0. The van der Waals surface area contributed by atoms with Gasteiger partial charge in [0.2, 0.25) is 5.91 Å². The molecule has 0 aromatic carbocycles. The van der Waals surface area contributed by atoms with E-state index >= 15 is 0 Å². The van der Waals surface area contributed by atoms with Gasteiger partial charge in [-0.25, -0.2) is 0 Å². The number of carbonyl (C=O) groups excluding carboxylic acids is 2. The fraction of sp³-hybridized carbons (Fsp3) is 0.846. The summed E-state index contributed by atoms with van der Waals surface area (Å²) in [5.74, 6) is -0.188. The predicted octanol–water partition coefficient (Wildman–Crippen LogP) is 0.786. The van der Waals surface area contributed by atoms with Crippen LogP contribution in [0.15, 0.2) is 0 Å². The summed E-state index contributed by atoms with van der Waals surface area (Å²) < 4.78 is 5.03. The maximum absolute atomic E-state index is 11.7. The average Bonchev–Trinajstić information content (AvgIpc) is 2.28. The molecule has 1 aliphatic rings. The SMILES string of the molecule is CCOC(=O)[C@H]1CCCN(CC(=O)NC(C)C)C1. The summed E-state index contributed by atoms with van der Waals surface area (Å²) in [6.45, 7) is 7.99. The van der Waals surface area contributed by atoms with Gasteiger partial charge in [-0.2, -0.15) is 0 Å².